The van der Waals surface area contributed by atoms with Gasteiger partial charge in [-0.15, -0.1) is 0 Å². The van der Waals surface area contributed by atoms with Crippen molar-refractivity contribution in [3.8, 4) is 0 Å². The summed E-state index contributed by atoms with van der Waals surface area (Å²) in [5.74, 6) is 0. The van der Waals surface area contributed by atoms with Gasteiger partial charge < -0.3 is 19.9 Å². The Morgan fingerprint density at radius 3 is 1.91 bits per heavy atom. The van der Waals surface area contributed by atoms with Gasteiger partial charge in [0.25, 0.3) is 0 Å². The Bertz CT molecular complexity index is 224. The molecular formula is C15H34N2O5. The standard InChI is InChI=1S/C15H34N2O5/c1-15(2,3)22-21-14-17-7-5-9-19-11-13-20-12-10-18-8-4-6-16/h17H,4-14,16H2,1-3H3. The molecule has 0 aromatic rings. The molecule has 0 bridgehead atoms. The van der Waals surface area contributed by atoms with Gasteiger partial charge in [-0.1, -0.05) is 0 Å². The summed E-state index contributed by atoms with van der Waals surface area (Å²) < 4.78 is 16.1. The van der Waals surface area contributed by atoms with E-state index in [1.54, 1.807) is 0 Å². The maximum Gasteiger partial charge on any atom is 0.133 e. The summed E-state index contributed by atoms with van der Waals surface area (Å²) in [7, 11) is 0. The predicted octanol–water partition coefficient (Wildman–Crippen LogP) is 1.07. The van der Waals surface area contributed by atoms with Gasteiger partial charge in [0.2, 0.25) is 0 Å². The lowest BCUT2D eigenvalue weighted by Crippen LogP contribution is -2.26. The fraction of sp³-hybridized carbons (Fsp3) is 1.00. The topological polar surface area (TPSA) is 84.2 Å². The van der Waals surface area contributed by atoms with E-state index in [0.29, 0.717) is 52.9 Å². The summed E-state index contributed by atoms with van der Waals surface area (Å²) in [6.07, 6.45) is 1.81. The number of ether oxygens (including phenoxy) is 3. The van der Waals surface area contributed by atoms with Crippen LogP contribution in [0.2, 0.25) is 0 Å². The van der Waals surface area contributed by atoms with Crippen LogP contribution in [-0.4, -0.2) is 65.1 Å². The molecule has 22 heavy (non-hydrogen) atoms. The lowest BCUT2D eigenvalue weighted by molar-refractivity contribution is -0.351. The summed E-state index contributed by atoms with van der Waals surface area (Å²) in [5.41, 5.74) is 5.08. The summed E-state index contributed by atoms with van der Waals surface area (Å²) in [6, 6.07) is 0. The molecule has 0 aromatic carbocycles. The van der Waals surface area contributed by atoms with Crippen LogP contribution in [0.1, 0.15) is 33.6 Å². The third kappa shape index (κ3) is 19.7. The van der Waals surface area contributed by atoms with Crippen LogP contribution in [0.15, 0.2) is 0 Å². The monoisotopic (exact) mass is 322 g/mol. The van der Waals surface area contributed by atoms with Gasteiger partial charge >= 0.3 is 0 Å². The minimum absolute atomic E-state index is 0.278. The molecule has 0 heterocycles. The third-order valence-electron chi connectivity index (χ3n) is 2.35. The number of nitrogens with two attached hydrogens (primary N) is 1. The van der Waals surface area contributed by atoms with Crippen LogP contribution >= 0.6 is 0 Å². The fourth-order valence-electron chi connectivity index (χ4n) is 1.35. The summed E-state index contributed by atoms with van der Waals surface area (Å²) in [6.45, 7) is 11.5. The number of rotatable bonds is 16. The van der Waals surface area contributed by atoms with E-state index in [2.05, 4.69) is 5.32 Å². The molecular weight excluding hydrogens is 288 g/mol. The molecule has 0 rings (SSSR count). The van der Waals surface area contributed by atoms with E-state index in [4.69, 9.17) is 29.7 Å². The Kier molecular flexibility index (Phi) is 15.4. The lowest BCUT2D eigenvalue weighted by Gasteiger charge is -2.17. The van der Waals surface area contributed by atoms with Crippen molar-refractivity contribution in [1.29, 1.82) is 0 Å². The number of hydrogen-bond donors (Lipinski definition) is 2. The maximum atomic E-state index is 5.45. The Morgan fingerprint density at radius 1 is 0.818 bits per heavy atom. The van der Waals surface area contributed by atoms with Crippen molar-refractivity contribution < 1.29 is 24.0 Å². The summed E-state index contributed by atoms with van der Waals surface area (Å²) in [5, 5.41) is 3.11. The molecule has 0 aliphatic heterocycles. The first-order valence-electron chi connectivity index (χ1n) is 8.01. The Hall–Kier alpha value is -0.280. The van der Waals surface area contributed by atoms with Gasteiger partial charge in [0.15, 0.2) is 0 Å². The van der Waals surface area contributed by atoms with E-state index in [1.165, 1.54) is 0 Å². The molecule has 0 unspecified atom stereocenters. The second-order valence-corrected chi connectivity index (χ2v) is 5.79. The van der Waals surface area contributed by atoms with Crippen LogP contribution in [-0.2, 0) is 24.0 Å². The lowest BCUT2D eigenvalue weighted by atomic mass is 10.2. The quantitative estimate of drug-likeness (QED) is 0.190. The first-order chi connectivity index (χ1) is 10.6. The molecule has 0 saturated carbocycles. The van der Waals surface area contributed by atoms with Crippen molar-refractivity contribution in [2.45, 2.75) is 39.2 Å². The minimum atomic E-state index is -0.278. The minimum Gasteiger partial charge on any atom is -0.379 e. The van der Waals surface area contributed by atoms with Crippen LogP contribution < -0.4 is 11.1 Å². The molecule has 0 fully saturated rings. The van der Waals surface area contributed by atoms with Crippen LogP contribution in [0.4, 0.5) is 0 Å². The smallest absolute Gasteiger partial charge is 0.133 e. The highest BCUT2D eigenvalue weighted by Gasteiger charge is 2.10. The molecule has 0 spiro atoms. The average molecular weight is 322 g/mol. The fourth-order valence-corrected chi connectivity index (χ4v) is 1.35. The summed E-state index contributed by atoms with van der Waals surface area (Å²) >= 11 is 0. The molecule has 3 N–H and O–H groups in total. The molecule has 0 aliphatic rings. The van der Waals surface area contributed by atoms with Gasteiger partial charge in [0.05, 0.1) is 32.0 Å². The van der Waals surface area contributed by atoms with Gasteiger partial charge in [-0.2, -0.15) is 0 Å². The van der Waals surface area contributed by atoms with Crippen molar-refractivity contribution in [3.63, 3.8) is 0 Å². The largest absolute Gasteiger partial charge is 0.379 e. The predicted molar refractivity (Wildman–Crippen MR) is 85.5 cm³/mol. The van der Waals surface area contributed by atoms with Gasteiger partial charge in [-0.25, -0.2) is 9.78 Å². The highest BCUT2D eigenvalue weighted by molar-refractivity contribution is 4.54. The Balaban J connectivity index is 3.00. The van der Waals surface area contributed by atoms with Crippen molar-refractivity contribution in [2.75, 3.05) is 59.5 Å². The molecule has 0 amide bonds. The van der Waals surface area contributed by atoms with Crippen LogP contribution in [0.5, 0.6) is 0 Å². The second kappa shape index (κ2) is 15.6. The highest BCUT2D eigenvalue weighted by atomic mass is 17.2. The molecule has 0 aromatic heterocycles. The van der Waals surface area contributed by atoms with E-state index in [0.717, 1.165) is 19.4 Å². The molecule has 0 saturated heterocycles. The van der Waals surface area contributed by atoms with Gasteiger partial charge in [-0.3, -0.25) is 5.32 Å². The zero-order valence-corrected chi connectivity index (χ0v) is 14.4. The zero-order chi connectivity index (χ0) is 16.5. The maximum absolute atomic E-state index is 5.45. The van der Waals surface area contributed by atoms with E-state index in [1.807, 2.05) is 20.8 Å². The molecule has 0 radical (unpaired) electrons. The van der Waals surface area contributed by atoms with Crippen molar-refractivity contribution in [1.82, 2.24) is 5.32 Å². The Labute approximate surface area is 134 Å². The van der Waals surface area contributed by atoms with E-state index in [9.17, 15) is 0 Å². The molecule has 134 valence electrons. The highest BCUT2D eigenvalue weighted by Crippen LogP contribution is 2.05. The van der Waals surface area contributed by atoms with Gasteiger partial charge in [0.1, 0.15) is 6.73 Å². The first-order valence-corrected chi connectivity index (χ1v) is 8.01. The molecule has 0 atom stereocenters. The average Bonchev–Trinajstić information content (AvgIpc) is 2.45. The van der Waals surface area contributed by atoms with Crippen molar-refractivity contribution in [2.24, 2.45) is 5.73 Å². The van der Waals surface area contributed by atoms with Crippen LogP contribution in [0.25, 0.3) is 0 Å². The summed E-state index contributed by atoms with van der Waals surface area (Å²) in [4.78, 5) is 10.1. The zero-order valence-electron chi connectivity index (χ0n) is 14.4. The van der Waals surface area contributed by atoms with Crippen LogP contribution in [0, 0.1) is 0 Å². The van der Waals surface area contributed by atoms with Gasteiger partial charge in [-0.05, 0) is 46.7 Å². The van der Waals surface area contributed by atoms with Gasteiger partial charge in [0, 0.05) is 13.2 Å². The molecule has 7 heteroatoms. The third-order valence-corrected chi connectivity index (χ3v) is 2.35. The number of nitrogens with one attached hydrogen (secondary N) is 1. The Morgan fingerprint density at radius 2 is 1.36 bits per heavy atom. The normalized spacial score (nSPS) is 12.0. The second-order valence-electron chi connectivity index (χ2n) is 5.79. The van der Waals surface area contributed by atoms with E-state index < -0.39 is 0 Å². The van der Waals surface area contributed by atoms with E-state index in [-0.39, 0.29) is 5.60 Å². The first kappa shape index (κ1) is 21.7. The molecule has 0 aliphatic carbocycles. The van der Waals surface area contributed by atoms with Crippen molar-refractivity contribution in [3.05, 3.63) is 0 Å². The number of hydrogen-bond acceptors (Lipinski definition) is 7. The molecule has 7 nitrogen and oxygen atoms in total. The van der Waals surface area contributed by atoms with E-state index >= 15 is 0 Å². The SMILES string of the molecule is CC(C)(C)OOCNCCCOCCOCCOCCCN. The van der Waals surface area contributed by atoms with Crippen molar-refractivity contribution >= 4 is 0 Å². The van der Waals surface area contributed by atoms with Crippen LogP contribution in [0.3, 0.4) is 0 Å².